The summed E-state index contributed by atoms with van der Waals surface area (Å²) in [5, 5.41) is 1.43. The summed E-state index contributed by atoms with van der Waals surface area (Å²) in [6.07, 6.45) is 0. The van der Waals surface area contributed by atoms with Gasteiger partial charge in [0.15, 0.2) is 0 Å². The van der Waals surface area contributed by atoms with E-state index in [0.29, 0.717) is 10.0 Å². The molecule has 0 amide bonds. The molecule has 2 heteroatoms. The average molecular weight is 261 g/mol. The van der Waals surface area contributed by atoms with E-state index < -0.39 is 0 Å². The van der Waals surface area contributed by atoms with E-state index in [1.54, 1.807) is 0 Å². The van der Waals surface area contributed by atoms with Gasteiger partial charge in [-0.05, 0) is 35.4 Å². The molecule has 2 aromatic carbocycles. The zero-order valence-corrected chi connectivity index (χ0v) is 10.6. The van der Waals surface area contributed by atoms with Crippen LogP contribution in [0.1, 0.15) is 11.1 Å². The molecule has 0 saturated carbocycles. The van der Waals surface area contributed by atoms with Gasteiger partial charge in [-0.25, -0.2) is 0 Å². The molecule has 0 heterocycles. The Morgan fingerprint density at radius 2 is 1.12 bits per heavy atom. The first-order chi connectivity index (χ1) is 8.20. The van der Waals surface area contributed by atoms with Crippen LogP contribution in [0.15, 0.2) is 60.8 Å². The Bertz CT molecular complexity index is 511. The van der Waals surface area contributed by atoms with Gasteiger partial charge in [0.05, 0.1) is 0 Å². The number of rotatable bonds is 2. The predicted molar refractivity (Wildman–Crippen MR) is 74.6 cm³/mol. The van der Waals surface area contributed by atoms with Gasteiger partial charge < -0.3 is 0 Å². The maximum absolute atomic E-state index is 5.86. The second-order valence-electron chi connectivity index (χ2n) is 3.57. The molecule has 17 heavy (non-hydrogen) atoms. The molecule has 0 unspecified atom stereocenters. The Morgan fingerprint density at radius 1 is 0.765 bits per heavy atom. The minimum absolute atomic E-state index is 0.716. The summed E-state index contributed by atoms with van der Waals surface area (Å²) in [4.78, 5) is 0. The summed E-state index contributed by atoms with van der Waals surface area (Å²) in [5.41, 5.74) is 5.96. The molecule has 0 aliphatic carbocycles. The molecule has 0 nitrogen and oxygen atoms in total. The number of hydrogen-bond acceptors (Lipinski definition) is 0. The Hall–Kier alpha value is -1.46. The number of hydrogen-bond donors (Lipinski definition) is 0. The summed E-state index contributed by atoms with van der Waals surface area (Å²) >= 11 is 11.7. The van der Waals surface area contributed by atoms with Crippen LogP contribution in [0.25, 0.3) is 5.57 Å². The van der Waals surface area contributed by atoms with E-state index in [4.69, 9.17) is 23.2 Å². The Morgan fingerprint density at radius 3 is 1.41 bits per heavy atom. The summed E-state index contributed by atoms with van der Waals surface area (Å²) in [6.45, 7) is 3.73. The van der Waals surface area contributed by atoms with Crippen molar-refractivity contribution >= 4 is 28.8 Å². The minimum atomic E-state index is 0.716. The second kappa shape index (κ2) is 5.25. The van der Waals surface area contributed by atoms with Crippen molar-refractivity contribution in [3.05, 3.63) is 82.0 Å². The summed E-state index contributed by atoms with van der Waals surface area (Å²) in [6, 6.07) is 15.2. The Kier molecular flexibility index (Phi) is 3.71. The molecule has 0 aromatic heterocycles. The van der Waals surface area contributed by atoms with Crippen molar-refractivity contribution in [2.75, 3.05) is 0 Å². The van der Waals surface area contributed by atoms with Crippen LogP contribution < -0.4 is 0 Å². The monoisotopic (exact) mass is 260 g/mol. The fourth-order valence-corrected chi connectivity index (χ4v) is 1.86. The highest BCUT2D eigenvalue weighted by Gasteiger charge is 2.03. The SMILES string of the molecule is C=C=C(c1ccc(Cl)cc1)c1ccc(Cl)cc1. The summed E-state index contributed by atoms with van der Waals surface area (Å²) < 4.78 is 0. The first-order valence-corrected chi connectivity index (χ1v) is 5.88. The highest BCUT2D eigenvalue weighted by atomic mass is 35.5. The lowest BCUT2D eigenvalue weighted by molar-refractivity contribution is 1.55. The molecule has 0 atom stereocenters. The predicted octanol–water partition coefficient (Wildman–Crippen LogP) is 5.21. The third kappa shape index (κ3) is 2.81. The molecule has 2 aromatic rings. The van der Waals surface area contributed by atoms with Crippen molar-refractivity contribution in [2.24, 2.45) is 0 Å². The van der Waals surface area contributed by atoms with Crippen molar-refractivity contribution in [2.45, 2.75) is 0 Å². The molecule has 0 aliphatic rings. The maximum Gasteiger partial charge on any atom is 0.0406 e. The van der Waals surface area contributed by atoms with E-state index >= 15 is 0 Å². The third-order valence-electron chi connectivity index (χ3n) is 2.44. The number of halogens is 2. The van der Waals surface area contributed by atoms with Gasteiger partial charge in [-0.2, -0.15) is 0 Å². The zero-order chi connectivity index (χ0) is 12.3. The van der Waals surface area contributed by atoms with Gasteiger partial charge in [-0.3, -0.25) is 0 Å². The maximum atomic E-state index is 5.86. The number of benzene rings is 2. The van der Waals surface area contributed by atoms with Gasteiger partial charge in [0.2, 0.25) is 0 Å². The van der Waals surface area contributed by atoms with Gasteiger partial charge in [-0.1, -0.05) is 54.0 Å². The normalized spacial score (nSPS) is 9.76. The lowest BCUT2D eigenvalue weighted by Gasteiger charge is -2.05. The first-order valence-electron chi connectivity index (χ1n) is 5.12. The largest absolute Gasteiger partial charge is 0.119 e. The second-order valence-corrected chi connectivity index (χ2v) is 4.44. The molecule has 0 spiro atoms. The first kappa shape index (κ1) is 12.0. The molecule has 2 rings (SSSR count). The quantitative estimate of drug-likeness (QED) is 0.651. The van der Waals surface area contributed by atoms with E-state index in [1.807, 2.05) is 48.5 Å². The molecule has 0 saturated heterocycles. The molecule has 0 N–H and O–H groups in total. The van der Waals surface area contributed by atoms with Crippen LogP contribution in [0.3, 0.4) is 0 Å². The van der Waals surface area contributed by atoms with Crippen molar-refractivity contribution < 1.29 is 0 Å². The lowest BCUT2D eigenvalue weighted by Crippen LogP contribution is -1.86. The highest BCUT2D eigenvalue weighted by molar-refractivity contribution is 6.30. The Balaban J connectivity index is 2.44. The third-order valence-corrected chi connectivity index (χ3v) is 2.95. The topological polar surface area (TPSA) is 0 Å². The van der Waals surface area contributed by atoms with E-state index in [0.717, 1.165) is 16.7 Å². The van der Waals surface area contributed by atoms with Crippen LogP contribution in [-0.2, 0) is 0 Å². The average Bonchev–Trinajstić information content (AvgIpc) is 2.35. The zero-order valence-electron chi connectivity index (χ0n) is 9.08. The van der Waals surface area contributed by atoms with Crippen LogP contribution in [0.5, 0.6) is 0 Å². The molecule has 0 fully saturated rings. The fourth-order valence-electron chi connectivity index (χ4n) is 1.60. The van der Waals surface area contributed by atoms with Crippen LogP contribution in [-0.4, -0.2) is 0 Å². The molecular weight excluding hydrogens is 251 g/mol. The molecule has 0 aliphatic heterocycles. The van der Waals surface area contributed by atoms with E-state index in [-0.39, 0.29) is 0 Å². The smallest absolute Gasteiger partial charge is 0.0406 e. The minimum Gasteiger partial charge on any atom is -0.119 e. The molecule has 84 valence electrons. The summed E-state index contributed by atoms with van der Waals surface area (Å²) in [7, 11) is 0. The molecule has 0 bridgehead atoms. The van der Waals surface area contributed by atoms with Crippen LogP contribution in [0, 0.1) is 0 Å². The van der Waals surface area contributed by atoms with Crippen LogP contribution >= 0.6 is 23.2 Å². The van der Waals surface area contributed by atoms with Crippen LogP contribution in [0.4, 0.5) is 0 Å². The van der Waals surface area contributed by atoms with Gasteiger partial charge in [0, 0.05) is 15.6 Å². The summed E-state index contributed by atoms with van der Waals surface area (Å²) in [5.74, 6) is 0. The van der Waals surface area contributed by atoms with Gasteiger partial charge in [0.25, 0.3) is 0 Å². The van der Waals surface area contributed by atoms with Crippen molar-refractivity contribution in [3.8, 4) is 0 Å². The lowest BCUT2D eigenvalue weighted by atomic mass is 9.99. The standard InChI is InChI=1S/C15H10Cl2/c1-2-15(11-3-7-13(16)8-4-11)12-5-9-14(17)10-6-12/h3-10H,1H2. The van der Waals surface area contributed by atoms with Gasteiger partial charge >= 0.3 is 0 Å². The Labute approximate surface area is 111 Å². The van der Waals surface area contributed by atoms with Crippen molar-refractivity contribution in [1.82, 2.24) is 0 Å². The molecule has 0 radical (unpaired) electrons. The van der Waals surface area contributed by atoms with Crippen molar-refractivity contribution in [3.63, 3.8) is 0 Å². The van der Waals surface area contributed by atoms with Gasteiger partial charge in [0.1, 0.15) is 0 Å². The van der Waals surface area contributed by atoms with E-state index in [1.165, 1.54) is 0 Å². The van der Waals surface area contributed by atoms with Crippen LogP contribution in [0.2, 0.25) is 10.0 Å². The van der Waals surface area contributed by atoms with E-state index in [9.17, 15) is 0 Å². The van der Waals surface area contributed by atoms with Crippen molar-refractivity contribution in [1.29, 1.82) is 0 Å². The highest BCUT2D eigenvalue weighted by Crippen LogP contribution is 2.24. The fraction of sp³-hybridized carbons (Fsp3) is 0. The van der Waals surface area contributed by atoms with Gasteiger partial charge in [-0.15, -0.1) is 5.73 Å². The van der Waals surface area contributed by atoms with E-state index in [2.05, 4.69) is 12.3 Å². The molecular formula is C15H10Cl2.